The Morgan fingerprint density at radius 1 is 1.23 bits per heavy atom. The van der Waals surface area contributed by atoms with E-state index in [2.05, 4.69) is 0 Å². The van der Waals surface area contributed by atoms with E-state index in [0.29, 0.717) is 0 Å². The van der Waals surface area contributed by atoms with Crippen LogP contribution in [0.4, 0.5) is 13.2 Å². The van der Waals surface area contributed by atoms with Crippen LogP contribution >= 0.6 is 0 Å². The van der Waals surface area contributed by atoms with Crippen LogP contribution < -0.4 is 0 Å². The van der Waals surface area contributed by atoms with Crippen LogP contribution in [-0.4, -0.2) is 22.0 Å². The Hall–Kier alpha value is -0.0331. The number of hydrogen-bond donors (Lipinski definition) is 0. The van der Waals surface area contributed by atoms with Crippen LogP contribution in [-0.2, 0) is 4.43 Å². The number of alkyl halides is 3. The average molecular weight is 214 g/mol. The Morgan fingerprint density at radius 3 is 2.15 bits per heavy atom. The van der Waals surface area contributed by atoms with Gasteiger partial charge in [-0.3, -0.25) is 0 Å². The Morgan fingerprint density at radius 2 is 1.77 bits per heavy atom. The van der Waals surface area contributed by atoms with Crippen LogP contribution in [0.15, 0.2) is 0 Å². The highest BCUT2D eigenvalue weighted by Crippen LogP contribution is 2.21. The molecule has 0 radical (unpaired) electrons. The Labute approximate surface area is 79.6 Å². The van der Waals surface area contributed by atoms with Crippen molar-refractivity contribution in [3.8, 4) is 0 Å². The van der Waals surface area contributed by atoms with E-state index in [1.54, 1.807) is 0 Å². The second kappa shape index (κ2) is 6.43. The zero-order valence-corrected chi connectivity index (χ0v) is 9.57. The van der Waals surface area contributed by atoms with E-state index in [1.807, 2.05) is 13.8 Å². The van der Waals surface area contributed by atoms with Gasteiger partial charge in [-0.05, 0) is 18.9 Å². The predicted molar refractivity (Wildman–Crippen MR) is 49.5 cm³/mol. The topological polar surface area (TPSA) is 9.23 Å². The molecule has 0 aromatic heterocycles. The lowest BCUT2D eigenvalue weighted by Crippen LogP contribution is -2.15. The van der Waals surface area contributed by atoms with Crippen molar-refractivity contribution in [2.75, 3.05) is 0 Å². The monoisotopic (exact) mass is 214 g/mol. The van der Waals surface area contributed by atoms with E-state index in [4.69, 9.17) is 4.43 Å². The Bertz CT molecular complexity index is 123. The van der Waals surface area contributed by atoms with Crippen molar-refractivity contribution >= 4 is 9.76 Å². The van der Waals surface area contributed by atoms with Gasteiger partial charge in [0.1, 0.15) is 0 Å². The fourth-order valence-electron chi connectivity index (χ4n) is 1.05. The molecule has 1 nitrogen and oxygen atoms in total. The van der Waals surface area contributed by atoms with Crippen LogP contribution in [0, 0.1) is 0 Å². The number of rotatable bonds is 6. The molecule has 0 heterocycles. The standard InChI is InChI=1S/C8H17F3OSi/c1-3-7(4-2)12-13-6-5-8(9,10)11/h7H,3-6,13H2,1-2H3. The molecule has 0 rings (SSSR count). The van der Waals surface area contributed by atoms with Crippen molar-refractivity contribution in [2.24, 2.45) is 0 Å². The predicted octanol–water partition coefficient (Wildman–Crippen LogP) is 2.65. The van der Waals surface area contributed by atoms with Gasteiger partial charge in [0.15, 0.2) is 9.76 Å². The fraction of sp³-hybridized carbons (Fsp3) is 1.00. The second-order valence-corrected chi connectivity index (χ2v) is 4.48. The Kier molecular flexibility index (Phi) is 6.41. The van der Waals surface area contributed by atoms with Gasteiger partial charge < -0.3 is 4.43 Å². The summed E-state index contributed by atoms with van der Waals surface area (Å²) in [4.78, 5) is 0. The lowest BCUT2D eigenvalue weighted by atomic mass is 10.2. The highest BCUT2D eigenvalue weighted by molar-refractivity contribution is 6.27. The summed E-state index contributed by atoms with van der Waals surface area (Å²) in [5.41, 5.74) is 0. The maximum absolute atomic E-state index is 11.7. The van der Waals surface area contributed by atoms with Gasteiger partial charge in [0, 0.05) is 12.5 Å². The van der Waals surface area contributed by atoms with E-state index >= 15 is 0 Å². The van der Waals surface area contributed by atoms with Gasteiger partial charge in [0.25, 0.3) is 0 Å². The molecule has 0 fully saturated rings. The van der Waals surface area contributed by atoms with Gasteiger partial charge >= 0.3 is 6.18 Å². The van der Waals surface area contributed by atoms with E-state index < -0.39 is 22.4 Å². The third-order valence-corrected chi connectivity index (χ3v) is 3.22. The van der Waals surface area contributed by atoms with Gasteiger partial charge in [-0.1, -0.05) is 13.8 Å². The number of halogens is 3. The molecule has 0 amide bonds. The van der Waals surface area contributed by atoms with Crippen LogP contribution in [0.25, 0.3) is 0 Å². The van der Waals surface area contributed by atoms with E-state index in [9.17, 15) is 13.2 Å². The molecule has 80 valence electrons. The van der Waals surface area contributed by atoms with E-state index in [0.717, 1.165) is 12.8 Å². The van der Waals surface area contributed by atoms with Crippen molar-refractivity contribution in [1.29, 1.82) is 0 Å². The first-order valence-corrected chi connectivity index (χ1v) is 6.25. The maximum Gasteiger partial charge on any atom is 0.388 e. The van der Waals surface area contributed by atoms with Crippen LogP contribution in [0.3, 0.4) is 0 Å². The molecule has 0 aliphatic heterocycles. The fourth-order valence-corrected chi connectivity index (χ4v) is 2.56. The molecule has 0 saturated heterocycles. The van der Waals surface area contributed by atoms with E-state index in [1.165, 1.54) is 0 Å². The zero-order valence-electron chi connectivity index (χ0n) is 8.16. The van der Waals surface area contributed by atoms with Crippen molar-refractivity contribution < 1.29 is 17.6 Å². The summed E-state index contributed by atoms with van der Waals surface area (Å²) in [5, 5.41) is 0. The minimum atomic E-state index is -4.01. The molecule has 0 aromatic rings. The smallest absolute Gasteiger partial charge is 0.388 e. The molecule has 5 heteroatoms. The molecule has 0 aliphatic carbocycles. The molecule has 0 N–H and O–H groups in total. The molecule has 0 bridgehead atoms. The summed E-state index contributed by atoms with van der Waals surface area (Å²) in [6.45, 7) is 3.98. The molecule has 0 atom stereocenters. The molecule has 13 heavy (non-hydrogen) atoms. The van der Waals surface area contributed by atoms with Gasteiger partial charge in [-0.25, -0.2) is 0 Å². The third-order valence-electron chi connectivity index (χ3n) is 1.87. The van der Waals surface area contributed by atoms with Crippen LogP contribution in [0.1, 0.15) is 33.1 Å². The van der Waals surface area contributed by atoms with Crippen LogP contribution in [0.5, 0.6) is 0 Å². The molecular formula is C8H17F3OSi. The highest BCUT2D eigenvalue weighted by Gasteiger charge is 2.26. The first-order chi connectivity index (χ1) is 5.99. The minimum Gasteiger partial charge on any atom is -0.421 e. The molecule has 0 aromatic carbocycles. The van der Waals surface area contributed by atoms with Crippen molar-refractivity contribution in [3.05, 3.63) is 0 Å². The van der Waals surface area contributed by atoms with E-state index in [-0.39, 0.29) is 12.1 Å². The molecule has 0 aliphatic rings. The molecule has 0 saturated carbocycles. The maximum atomic E-state index is 11.7. The summed E-state index contributed by atoms with van der Waals surface area (Å²) >= 11 is 0. The van der Waals surface area contributed by atoms with Gasteiger partial charge in [0.05, 0.1) is 0 Å². The van der Waals surface area contributed by atoms with Gasteiger partial charge in [0.2, 0.25) is 0 Å². The minimum absolute atomic E-state index is 0.180. The third kappa shape index (κ3) is 8.30. The van der Waals surface area contributed by atoms with Gasteiger partial charge in [-0.15, -0.1) is 0 Å². The summed E-state index contributed by atoms with van der Waals surface area (Å²) in [7, 11) is -0.958. The zero-order chi connectivity index (χ0) is 10.3. The summed E-state index contributed by atoms with van der Waals surface area (Å²) in [6, 6.07) is 0.208. The van der Waals surface area contributed by atoms with Crippen molar-refractivity contribution in [3.63, 3.8) is 0 Å². The normalized spacial score (nSPS) is 13.4. The number of hydrogen-bond acceptors (Lipinski definition) is 1. The lowest BCUT2D eigenvalue weighted by molar-refractivity contribution is -0.130. The first-order valence-electron chi connectivity index (χ1n) is 4.68. The van der Waals surface area contributed by atoms with Crippen molar-refractivity contribution in [1.82, 2.24) is 0 Å². The lowest BCUT2D eigenvalue weighted by Gasteiger charge is -2.14. The summed E-state index contributed by atoms with van der Waals surface area (Å²) in [6.07, 6.45) is -2.71. The largest absolute Gasteiger partial charge is 0.421 e. The molecule has 0 spiro atoms. The average Bonchev–Trinajstić information content (AvgIpc) is 2.03. The van der Waals surface area contributed by atoms with Crippen LogP contribution in [0.2, 0.25) is 6.04 Å². The first kappa shape index (κ1) is 13.0. The SMILES string of the molecule is CCC(CC)O[SiH2]CCC(F)(F)F. The van der Waals surface area contributed by atoms with Gasteiger partial charge in [-0.2, -0.15) is 13.2 Å². The second-order valence-electron chi connectivity index (χ2n) is 3.03. The van der Waals surface area contributed by atoms with Crippen molar-refractivity contribution in [2.45, 2.75) is 51.4 Å². The summed E-state index contributed by atoms with van der Waals surface area (Å²) in [5.74, 6) is 0. The Balaban J connectivity index is 3.34. The quantitative estimate of drug-likeness (QED) is 0.488. The summed E-state index contributed by atoms with van der Waals surface area (Å²) < 4.78 is 40.5. The molecular weight excluding hydrogens is 197 g/mol. The molecule has 0 unspecified atom stereocenters. The highest BCUT2D eigenvalue weighted by atomic mass is 28.2.